The molecule has 1 heterocycles. The zero-order valence-corrected chi connectivity index (χ0v) is 11.1. The zero-order valence-electron chi connectivity index (χ0n) is 9.57. The van der Waals surface area contributed by atoms with Crippen molar-refractivity contribution in [1.82, 2.24) is 9.55 Å². The second-order valence-corrected chi connectivity index (χ2v) is 4.80. The van der Waals surface area contributed by atoms with Crippen LogP contribution < -0.4 is 5.73 Å². The summed E-state index contributed by atoms with van der Waals surface area (Å²) in [4.78, 5) is 4.02. The molecule has 6 heteroatoms. The second kappa shape index (κ2) is 4.40. The number of fused-ring (bicyclic) bond motifs is 1. The predicted octanol–water partition coefficient (Wildman–Crippen LogP) is 4.05. The van der Waals surface area contributed by atoms with Gasteiger partial charge in [-0.3, -0.25) is 4.57 Å². The van der Waals surface area contributed by atoms with Crippen LogP contribution in [-0.2, 0) is 0 Å². The van der Waals surface area contributed by atoms with Gasteiger partial charge in [0.2, 0.25) is 5.95 Å². The van der Waals surface area contributed by atoms with Crippen LogP contribution in [0.4, 0.5) is 10.3 Å². The van der Waals surface area contributed by atoms with Gasteiger partial charge in [0.25, 0.3) is 0 Å². The number of anilines is 1. The van der Waals surface area contributed by atoms with E-state index in [0.29, 0.717) is 21.2 Å². The number of nitrogen functional groups attached to an aromatic ring is 1. The standard InChI is InChI=1S/C13H8Cl2FN3/c14-7-3-1-4-8(15)12(7)19-10-6-2-5-9(16)11(10)18-13(19)17/h1-6H,(H2,17,18). The summed E-state index contributed by atoms with van der Waals surface area (Å²) in [5, 5.41) is 0.838. The fourth-order valence-corrected chi connectivity index (χ4v) is 2.59. The highest BCUT2D eigenvalue weighted by Gasteiger charge is 2.17. The molecule has 0 saturated heterocycles. The van der Waals surface area contributed by atoms with Crippen LogP contribution in [0.3, 0.4) is 0 Å². The molecule has 0 amide bonds. The number of benzene rings is 2. The number of hydrogen-bond acceptors (Lipinski definition) is 2. The van der Waals surface area contributed by atoms with Gasteiger partial charge in [0.15, 0.2) is 5.82 Å². The molecular formula is C13H8Cl2FN3. The van der Waals surface area contributed by atoms with Crippen molar-refractivity contribution in [3.8, 4) is 5.69 Å². The Bertz CT molecular complexity index is 763. The van der Waals surface area contributed by atoms with Gasteiger partial charge in [-0.25, -0.2) is 9.37 Å². The molecule has 96 valence electrons. The van der Waals surface area contributed by atoms with Crippen molar-refractivity contribution >= 4 is 40.2 Å². The topological polar surface area (TPSA) is 43.8 Å². The highest BCUT2D eigenvalue weighted by molar-refractivity contribution is 6.38. The summed E-state index contributed by atoms with van der Waals surface area (Å²) in [5.41, 5.74) is 7.07. The van der Waals surface area contributed by atoms with Crippen LogP contribution in [-0.4, -0.2) is 9.55 Å². The van der Waals surface area contributed by atoms with E-state index < -0.39 is 5.82 Å². The maximum atomic E-state index is 13.7. The molecule has 2 N–H and O–H groups in total. The highest BCUT2D eigenvalue weighted by Crippen LogP contribution is 2.33. The van der Waals surface area contributed by atoms with Crippen molar-refractivity contribution in [2.45, 2.75) is 0 Å². The number of halogens is 3. The molecule has 19 heavy (non-hydrogen) atoms. The molecular weight excluding hydrogens is 288 g/mol. The number of hydrogen-bond donors (Lipinski definition) is 1. The van der Waals surface area contributed by atoms with Gasteiger partial charge in [0, 0.05) is 0 Å². The van der Waals surface area contributed by atoms with E-state index in [4.69, 9.17) is 28.9 Å². The Balaban J connectivity index is 2.44. The lowest BCUT2D eigenvalue weighted by Crippen LogP contribution is -2.02. The SMILES string of the molecule is Nc1nc2c(F)cccc2n1-c1c(Cl)cccc1Cl. The van der Waals surface area contributed by atoms with Gasteiger partial charge in [0.1, 0.15) is 5.52 Å². The summed E-state index contributed by atoms with van der Waals surface area (Å²) in [6, 6.07) is 9.72. The molecule has 1 aromatic heterocycles. The van der Waals surface area contributed by atoms with Crippen molar-refractivity contribution in [2.75, 3.05) is 5.73 Å². The summed E-state index contributed by atoms with van der Waals surface area (Å²) in [7, 11) is 0. The molecule has 0 aliphatic heterocycles. The molecule has 3 rings (SSSR count). The molecule has 0 radical (unpaired) electrons. The van der Waals surface area contributed by atoms with Crippen LogP contribution in [0.25, 0.3) is 16.7 Å². The maximum absolute atomic E-state index is 13.7. The first-order valence-electron chi connectivity index (χ1n) is 5.46. The van der Waals surface area contributed by atoms with Gasteiger partial charge in [-0.2, -0.15) is 0 Å². The van der Waals surface area contributed by atoms with Crippen molar-refractivity contribution in [3.63, 3.8) is 0 Å². The van der Waals surface area contributed by atoms with Gasteiger partial charge in [-0.1, -0.05) is 35.3 Å². The molecule has 0 saturated carbocycles. The monoisotopic (exact) mass is 295 g/mol. The van der Waals surface area contributed by atoms with Crippen LogP contribution in [0.2, 0.25) is 10.0 Å². The van der Waals surface area contributed by atoms with E-state index in [0.717, 1.165) is 0 Å². The average Bonchev–Trinajstić information content (AvgIpc) is 2.68. The van der Waals surface area contributed by atoms with Crippen molar-refractivity contribution in [2.24, 2.45) is 0 Å². The lowest BCUT2D eigenvalue weighted by molar-refractivity contribution is 0.637. The Kier molecular flexibility index (Phi) is 2.84. The molecule has 3 aromatic rings. The largest absolute Gasteiger partial charge is 0.369 e. The maximum Gasteiger partial charge on any atom is 0.206 e. The van der Waals surface area contributed by atoms with Crippen molar-refractivity contribution in [1.29, 1.82) is 0 Å². The first kappa shape index (κ1) is 12.3. The van der Waals surface area contributed by atoms with E-state index in [-0.39, 0.29) is 11.5 Å². The zero-order chi connectivity index (χ0) is 13.6. The Hall–Kier alpha value is -1.78. The molecule has 0 spiro atoms. The van der Waals surface area contributed by atoms with Gasteiger partial charge in [-0.05, 0) is 24.3 Å². The summed E-state index contributed by atoms with van der Waals surface area (Å²) < 4.78 is 15.2. The number of para-hydroxylation sites is 2. The minimum Gasteiger partial charge on any atom is -0.369 e. The molecule has 3 nitrogen and oxygen atoms in total. The van der Waals surface area contributed by atoms with E-state index in [2.05, 4.69) is 4.98 Å². The van der Waals surface area contributed by atoms with Crippen molar-refractivity contribution < 1.29 is 4.39 Å². The van der Waals surface area contributed by atoms with E-state index >= 15 is 0 Å². The van der Waals surface area contributed by atoms with Crippen LogP contribution in [0, 0.1) is 5.82 Å². The third-order valence-electron chi connectivity index (χ3n) is 2.82. The minimum atomic E-state index is -0.439. The smallest absolute Gasteiger partial charge is 0.206 e. The molecule has 0 unspecified atom stereocenters. The fraction of sp³-hybridized carbons (Fsp3) is 0. The first-order chi connectivity index (χ1) is 9.09. The van der Waals surface area contributed by atoms with Crippen LogP contribution in [0.5, 0.6) is 0 Å². The van der Waals surface area contributed by atoms with E-state index in [9.17, 15) is 4.39 Å². The number of imidazole rings is 1. The number of rotatable bonds is 1. The molecule has 0 bridgehead atoms. The van der Waals surface area contributed by atoms with E-state index in [1.165, 1.54) is 6.07 Å². The lowest BCUT2D eigenvalue weighted by Gasteiger charge is -2.10. The Morgan fingerprint density at radius 3 is 2.37 bits per heavy atom. The van der Waals surface area contributed by atoms with Crippen LogP contribution in [0.1, 0.15) is 0 Å². The average molecular weight is 296 g/mol. The molecule has 0 aliphatic carbocycles. The van der Waals surface area contributed by atoms with Gasteiger partial charge in [0.05, 0.1) is 21.2 Å². The summed E-state index contributed by atoms with van der Waals surface area (Å²) in [6.45, 7) is 0. The van der Waals surface area contributed by atoms with Gasteiger partial charge >= 0.3 is 0 Å². The van der Waals surface area contributed by atoms with E-state index in [1.54, 1.807) is 34.9 Å². The normalized spacial score (nSPS) is 11.1. The number of aromatic nitrogens is 2. The number of nitrogens with two attached hydrogens (primary N) is 1. The summed E-state index contributed by atoms with van der Waals surface area (Å²) >= 11 is 12.3. The Labute approximate surface area is 118 Å². The molecule has 0 fully saturated rings. The minimum absolute atomic E-state index is 0.134. The summed E-state index contributed by atoms with van der Waals surface area (Å²) in [5.74, 6) is -0.304. The predicted molar refractivity (Wildman–Crippen MR) is 75.5 cm³/mol. The van der Waals surface area contributed by atoms with Crippen molar-refractivity contribution in [3.05, 3.63) is 52.3 Å². The van der Waals surface area contributed by atoms with E-state index in [1.807, 2.05) is 0 Å². The third kappa shape index (κ3) is 1.84. The Morgan fingerprint density at radius 1 is 1.05 bits per heavy atom. The van der Waals surface area contributed by atoms with Crippen LogP contribution in [0.15, 0.2) is 36.4 Å². The molecule has 0 aliphatic rings. The molecule has 2 aromatic carbocycles. The van der Waals surface area contributed by atoms with Gasteiger partial charge < -0.3 is 5.73 Å². The second-order valence-electron chi connectivity index (χ2n) is 3.98. The number of nitrogens with zero attached hydrogens (tertiary/aromatic N) is 2. The highest BCUT2D eigenvalue weighted by atomic mass is 35.5. The molecule has 0 atom stereocenters. The fourth-order valence-electron chi connectivity index (χ4n) is 2.02. The van der Waals surface area contributed by atoms with Gasteiger partial charge in [-0.15, -0.1) is 0 Å². The quantitative estimate of drug-likeness (QED) is 0.736. The third-order valence-corrected chi connectivity index (χ3v) is 3.43. The Morgan fingerprint density at radius 2 is 1.68 bits per heavy atom. The first-order valence-corrected chi connectivity index (χ1v) is 6.22. The lowest BCUT2D eigenvalue weighted by atomic mass is 10.2. The summed E-state index contributed by atoms with van der Waals surface area (Å²) in [6.07, 6.45) is 0. The van der Waals surface area contributed by atoms with Crippen LogP contribution >= 0.6 is 23.2 Å².